The molecular formula is C22H14N2O4S2. The number of carbonyl (C=O) groups excluding carboxylic acids is 2. The van der Waals surface area contributed by atoms with Gasteiger partial charge in [0.25, 0.3) is 11.1 Å². The molecule has 148 valence electrons. The zero-order chi connectivity index (χ0) is 20.5. The molecule has 3 heterocycles. The zero-order valence-electron chi connectivity index (χ0n) is 15.5. The van der Waals surface area contributed by atoms with Crippen molar-refractivity contribution in [3.05, 3.63) is 76.0 Å². The number of hydrogen-bond donors (Lipinski definition) is 1. The van der Waals surface area contributed by atoms with Gasteiger partial charge < -0.3 is 9.15 Å². The SMILES string of the molecule is O=C1NC(=O)C(=Cc2ccc(OCc3ccc4oc(-c5cccs5)nc4c3)cc2)S1. The van der Waals surface area contributed by atoms with E-state index in [0.29, 0.717) is 23.2 Å². The molecule has 2 aromatic heterocycles. The summed E-state index contributed by atoms with van der Waals surface area (Å²) in [4.78, 5) is 28.8. The minimum Gasteiger partial charge on any atom is -0.489 e. The molecule has 8 heteroatoms. The second-order valence-electron chi connectivity index (χ2n) is 6.51. The number of thiophene rings is 1. The van der Waals surface area contributed by atoms with Crippen LogP contribution < -0.4 is 10.1 Å². The number of rotatable bonds is 5. The molecule has 1 aliphatic rings. The van der Waals surface area contributed by atoms with Crippen molar-refractivity contribution in [2.75, 3.05) is 0 Å². The van der Waals surface area contributed by atoms with Crippen LogP contribution in [0, 0.1) is 0 Å². The Kier molecular flexibility index (Phi) is 4.86. The predicted octanol–water partition coefficient (Wildman–Crippen LogP) is 5.46. The zero-order valence-corrected chi connectivity index (χ0v) is 17.1. The molecule has 1 N–H and O–H groups in total. The molecule has 1 aliphatic heterocycles. The second kappa shape index (κ2) is 7.81. The van der Waals surface area contributed by atoms with E-state index in [9.17, 15) is 9.59 Å². The van der Waals surface area contributed by atoms with Gasteiger partial charge in [0.05, 0.1) is 9.78 Å². The number of imide groups is 1. The van der Waals surface area contributed by atoms with Crippen molar-refractivity contribution in [3.63, 3.8) is 0 Å². The molecule has 0 saturated carbocycles. The lowest BCUT2D eigenvalue weighted by atomic mass is 10.2. The Morgan fingerprint density at radius 1 is 1.10 bits per heavy atom. The first kappa shape index (κ1) is 18.7. The number of carbonyl (C=O) groups is 2. The van der Waals surface area contributed by atoms with Crippen molar-refractivity contribution in [1.29, 1.82) is 0 Å². The third-order valence-corrected chi connectivity index (χ3v) is 6.08. The van der Waals surface area contributed by atoms with Gasteiger partial charge in [-0.1, -0.05) is 24.3 Å². The summed E-state index contributed by atoms with van der Waals surface area (Å²) < 4.78 is 11.7. The number of hydrogen-bond acceptors (Lipinski definition) is 7. The van der Waals surface area contributed by atoms with Crippen molar-refractivity contribution < 1.29 is 18.7 Å². The van der Waals surface area contributed by atoms with Gasteiger partial charge in [0.2, 0.25) is 5.89 Å². The number of benzene rings is 2. The number of aromatic nitrogens is 1. The lowest BCUT2D eigenvalue weighted by Crippen LogP contribution is -2.17. The van der Waals surface area contributed by atoms with Crippen molar-refractivity contribution >= 4 is 51.4 Å². The Balaban J connectivity index is 1.26. The van der Waals surface area contributed by atoms with Gasteiger partial charge in [0, 0.05) is 0 Å². The Bertz CT molecular complexity index is 1270. The number of nitrogens with zero attached hydrogens (tertiary/aromatic N) is 1. The Morgan fingerprint density at radius 2 is 1.97 bits per heavy atom. The molecule has 30 heavy (non-hydrogen) atoms. The Labute approximate surface area is 179 Å². The topological polar surface area (TPSA) is 81.4 Å². The van der Waals surface area contributed by atoms with Crippen LogP contribution in [0.15, 0.2) is 69.3 Å². The summed E-state index contributed by atoms with van der Waals surface area (Å²) in [6, 6.07) is 17.1. The molecule has 0 unspecified atom stereocenters. The molecule has 0 radical (unpaired) electrons. The van der Waals surface area contributed by atoms with Crippen molar-refractivity contribution in [3.8, 4) is 16.5 Å². The number of fused-ring (bicyclic) bond motifs is 1. The molecule has 2 amide bonds. The van der Waals surface area contributed by atoms with E-state index < -0.39 is 0 Å². The smallest absolute Gasteiger partial charge is 0.290 e. The monoisotopic (exact) mass is 434 g/mol. The highest BCUT2D eigenvalue weighted by Gasteiger charge is 2.24. The van der Waals surface area contributed by atoms with Crippen LogP contribution in [-0.2, 0) is 11.4 Å². The van der Waals surface area contributed by atoms with Crippen LogP contribution in [0.3, 0.4) is 0 Å². The van der Waals surface area contributed by atoms with E-state index in [0.717, 1.165) is 38.9 Å². The number of nitrogens with one attached hydrogen (secondary N) is 1. The predicted molar refractivity (Wildman–Crippen MR) is 117 cm³/mol. The summed E-state index contributed by atoms with van der Waals surface area (Å²) in [5.74, 6) is 0.964. The van der Waals surface area contributed by atoms with Crippen molar-refractivity contribution in [1.82, 2.24) is 10.3 Å². The normalized spacial score (nSPS) is 15.1. The standard InChI is InChI=1S/C22H14N2O4S2/c25-20-19(30-22(26)24-20)11-13-3-6-15(7-4-13)27-12-14-5-8-17-16(10-14)23-21(28-17)18-2-1-9-29-18/h1-11H,12H2,(H,24,25,26). The average molecular weight is 434 g/mol. The van der Waals surface area contributed by atoms with Gasteiger partial charge in [-0.25, -0.2) is 4.98 Å². The largest absolute Gasteiger partial charge is 0.489 e. The van der Waals surface area contributed by atoms with Crippen LogP contribution in [0.4, 0.5) is 4.79 Å². The van der Waals surface area contributed by atoms with Crippen LogP contribution >= 0.6 is 23.1 Å². The van der Waals surface area contributed by atoms with Gasteiger partial charge in [-0.15, -0.1) is 11.3 Å². The molecule has 1 fully saturated rings. The number of ether oxygens (including phenoxy) is 1. The lowest BCUT2D eigenvalue weighted by molar-refractivity contribution is -0.115. The molecule has 0 aliphatic carbocycles. The molecule has 0 spiro atoms. The maximum atomic E-state index is 11.6. The number of thioether (sulfide) groups is 1. The summed E-state index contributed by atoms with van der Waals surface area (Å²) in [5.41, 5.74) is 3.34. The quantitative estimate of drug-likeness (QED) is 0.420. The van der Waals surface area contributed by atoms with Gasteiger partial charge in [0.15, 0.2) is 5.58 Å². The maximum absolute atomic E-state index is 11.6. The van der Waals surface area contributed by atoms with Crippen LogP contribution in [-0.4, -0.2) is 16.1 Å². The second-order valence-corrected chi connectivity index (χ2v) is 8.47. The summed E-state index contributed by atoms with van der Waals surface area (Å²) in [5, 5.41) is 3.88. The van der Waals surface area contributed by atoms with E-state index in [2.05, 4.69) is 10.3 Å². The fourth-order valence-corrected chi connectivity index (χ4v) is 4.30. The third kappa shape index (κ3) is 3.87. The number of oxazole rings is 1. The molecule has 0 bridgehead atoms. The van der Waals surface area contributed by atoms with E-state index in [4.69, 9.17) is 9.15 Å². The fourth-order valence-electron chi connectivity index (χ4n) is 2.97. The first-order valence-electron chi connectivity index (χ1n) is 9.05. The molecule has 6 nitrogen and oxygen atoms in total. The first-order valence-corrected chi connectivity index (χ1v) is 10.7. The van der Waals surface area contributed by atoms with E-state index >= 15 is 0 Å². The molecule has 0 atom stereocenters. The molecule has 4 aromatic rings. The molecule has 2 aromatic carbocycles. The van der Waals surface area contributed by atoms with Gasteiger partial charge >= 0.3 is 0 Å². The van der Waals surface area contributed by atoms with Crippen LogP contribution in [0.25, 0.3) is 27.9 Å². The number of amides is 2. The third-order valence-electron chi connectivity index (χ3n) is 4.41. The van der Waals surface area contributed by atoms with Crippen LogP contribution in [0.1, 0.15) is 11.1 Å². The van der Waals surface area contributed by atoms with Gasteiger partial charge in [-0.3, -0.25) is 14.9 Å². The van der Waals surface area contributed by atoms with Gasteiger partial charge in [-0.05, 0) is 64.7 Å². The molecule has 5 rings (SSSR count). The lowest BCUT2D eigenvalue weighted by Gasteiger charge is -2.06. The van der Waals surface area contributed by atoms with Crippen molar-refractivity contribution in [2.24, 2.45) is 0 Å². The highest BCUT2D eigenvalue weighted by Crippen LogP contribution is 2.29. The minimum atomic E-state index is -0.365. The van der Waals surface area contributed by atoms with Crippen LogP contribution in [0.2, 0.25) is 0 Å². The fraction of sp³-hybridized carbons (Fsp3) is 0.0455. The average Bonchev–Trinajstić information content (AvgIpc) is 3.47. The van der Waals surface area contributed by atoms with E-state index in [1.54, 1.807) is 17.4 Å². The van der Waals surface area contributed by atoms with Gasteiger partial charge in [-0.2, -0.15) is 0 Å². The first-order chi connectivity index (χ1) is 14.6. The van der Waals surface area contributed by atoms with E-state index in [-0.39, 0.29) is 11.1 Å². The Morgan fingerprint density at radius 3 is 2.70 bits per heavy atom. The van der Waals surface area contributed by atoms with Crippen LogP contribution in [0.5, 0.6) is 5.75 Å². The summed E-state index contributed by atoms with van der Waals surface area (Å²) in [7, 11) is 0. The van der Waals surface area contributed by atoms with Gasteiger partial charge in [0.1, 0.15) is 17.9 Å². The highest BCUT2D eigenvalue weighted by atomic mass is 32.2. The molecule has 1 saturated heterocycles. The van der Waals surface area contributed by atoms with Crippen molar-refractivity contribution in [2.45, 2.75) is 6.61 Å². The summed E-state index contributed by atoms with van der Waals surface area (Å²) >= 11 is 2.49. The summed E-state index contributed by atoms with van der Waals surface area (Å²) in [6.45, 7) is 0.393. The Hall–Kier alpha value is -3.36. The summed E-state index contributed by atoms with van der Waals surface area (Å²) in [6.07, 6.45) is 1.68. The minimum absolute atomic E-state index is 0.349. The molecular weight excluding hydrogens is 420 g/mol. The van der Waals surface area contributed by atoms with E-state index in [1.807, 2.05) is 60.0 Å². The van der Waals surface area contributed by atoms with E-state index in [1.165, 1.54) is 0 Å². The highest BCUT2D eigenvalue weighted by molar-refractivity contribution is 8.18. The maximum Gasteiger partial charge on any atom is 0.290 e.